The highest BCUT2D eigenvalue weighted by molar-refractivity contribution is 5.79. The number of hydrogen-bond acceptors (Lipinski definition) is 4. The van der Waals surface area contributed by atoms with E-state index < -0.39 is 0 Å². The number of aromatic nitrogens is 3. The summed E-state index contributed by atoms with van der Waals surface area (Å²) in [6, 6.07) is 0. The fourth-order valence-corrected chi connectivity index (χ4v) is 3.68. The molecule has 0 atom stereocenters. The Bertz CT molecular complexity index is 622. The maximum absolute atomic E-state index is 12.4. The molecule has 0 bridgehead atoms. The summed E-state index contributed by atoms with van der Waals surface area (Å²) in [5, 5.41) is 8.58. The van der Waals surface area contributed by atoms with Crippen molar-refractivity contribution < 1.29 is 9.59 Å². The Hall–Kier alpha value is -1.92. The van der Waals surface area contributed by atoms with Crippen LogP contribution in [-0.4, -0.2) is 56.0 Å². The van der Waals surface area contributed by atoms with Crippen molar-refractivity contribution in [3.63, 3.8) is 0 Å². The molecule has 1 aliphatic carbocycles. The van der Waals surface area contributed by atoms with Crippen LogP contribution in [0.3, 0.4) is 0 Å². The van der Waals surface area contributed by atoms with Gasteiger partial charge >= 0.3 is 0 Å². The molecule has 124 valence electrons. The van der Waals surface area contributed by atoms with E-state index in [1.54, 1.807) is 0 Å². The smallest absolute Gasteiger partial charge is 0.225 e. The van der Waals surface area contributed by atoms with Crippen LogP contribution in [0.2, 0.25) is 0 Å². The third kappa shape index (κ3) is 2.72. The lowest BCUT2D eigenvalue weighted by Gasteiger charge is -2.30. The molecule has 0 spiro atoms. The zero-order chi connectivity index (χ0) is 15.8. The third-order valence-electron chi connectivity index (χ3n) is 5.37. The summed E-state index contributed by atoms with van der Waals surface area (Å²) in [4.78, 5) is 28.1. The van der Waals surface area contributed by atoms with Gasteiger partial charge in [0, 0.05) is 44.9 Å². The van der Waals surface area contributed by atoms with Crippen molar-refractivity contribution in [2.24, 2.45) is 5.92 Å². The SMILES string of the molecule is O=C1CCCN1Cc1nnc2n1CCN(C(=O)C1CCC1)CC2. The number of carbonyl (C=O) groups is 2. The Morgan fingerprint density at radius 1 is 1.04 bits per heavy atom. The van der Waals surface area contributed by atoms with Gasteiger partial charge in [0.15, 0.2) is 5.82 Å². The maximum Gasteiger partial charge on any atom is 0.225 e. The highest BCUT2D eigenvalue weighted by Crippen LogP contribution is 2.28. The van der Waals surface area contributed by atoms with Gasteiger partial charge in [-0.3, -0.25) is 9.59 Å². The minimum Gasteiger partial charge on any atom is -0.340 e. The molecule has 0 unspecified atom stereocenters. The molecular formula is C16H23N5O2. The lowest BCUT2D eigenvalue weighted by molar-refractivity contribution is -0.138. The second kappa shape index (κ2) is 5.94. The molecule has 2 amide bonds. The van der Waals surface area contributed by atoms with Gasteiger partial charge in [-0.25, -0.2) is 0 Å². The van der Waals surface area contributed by atoms with Gasteiger partial charge in [0.1, 0.15) is 5.82 Å². The van der Waals surface area contributed by atoms with Gasteiger partial charge in [-0.05, 0) is 19.3 Å². The summed E-state index contributed by atoms with van der Waals surface area (Å²) in [5.74, 6) is 2.56. The number of fused-ring (bicyclic) bond motifs is 1. The van der Waals surface area contributed by atoms with E-state index in [0.717, 1.165) is 63.5 Å². The van der Waals surface area contributed by atoms with E-state index in [0.29, 0.717) is 18.9 Å². The molecular weight excluding hydrogens is 294 g/mol. The molecule has 1 saturated heterocycles. The molecule has 7 nitrogen and oxygen atoms in total. The average molecular weight is 317 g/mol. The van der Waals surface area contributed by atoms with Gasteiger partial charge in [-0.15, -0.1) is 10.2 Å². The van der Waals surface area contributed by atoms with E-state index in [9.17, 15) is 9.59 Å². The van der Waals surface area contributed by atoms with Crippen LogP contribution in [0.5, 0.6) is 0 Å². The zero-order valence-electron chi connectivity index (χ0n) is 13.4. The monoisotopic (exact) mass is 317 g/mol. The summed E-state index contributed by atoms with van der Waals surface area (Å²) >= 11 is 0. The van der Waals surface area contributed by atoms with E-state index in [1.807, 2.05) is 9.80 Å². The standard InChI is InChI=1S/C16H23N5O2/c22-15-5-2-7-20(15)11-14-18-17-13-6-8-19(9-10-21(13)14)16(23)12-3-1-4-12/h12H,1-11H2. The maximum atomic E-state index is 12.4. The minimum absolute atomic E-state index is 0.206. The summed E-state index contributed by atoms with van der Waals surface area (Å²) in [7, 11) is 0. The van der Waals surface area contributed by atoms with E-state index >= 15 is 0 Å². The van der Waals surface area contributed by atoms with Crippen LogP contribution in [-0.2, 0) is 29.1 Å². The molecule has 1 aromatic rings. The summed E-state index contributed by atoms with van der Waals surface area (Å²) in [6.07, 6.45) is 5.60. The lowest BCUT2D eigenvalue weighted by Crippen LogP contribution is -2.40. The van der Waals surface area contributed by atoms with Crippen LogP contribution in [0.4, 0.5) is 0 Å². The van der Waals surface area contributed by atoms with Crippen molar-refractivity contribution in [2.75, 3.05) is 19.6 Å². The quantitative estimate of drug-likeness (QED) is 0.818. The first-order chi connectivity index (χ1) is 11.2. The molecule has 7 heteroatoms. The van der Waals surface area contributed by atoms with Crippen LogP contribution in [0.15, 0.2) is 0 Å². The summed E-state index contributed by atoms with van der Waals surface area (Å²) < 4.78 is 2.11. The Morgan fingerprint density at radius 3 is 2.61 bits per heavy atom. The molecule has 1 saturated carbocycles. The fraction of sp³-hybridized carbons (Fsp3) is 0.750. The number of carbonyl (C=O) groups excluding carboxylic acids is 2. The molecule has 1 aromatic heterocycles. The largest absolute Gasteiger partial charge is 0.340 e. The number of likely N-dealkylation sites (tertiary alicyclic amines) is 1. The molecule has 23 heavy (non-hydrogen) atoms. The van der Waals surface area contributed by atoms with Crippen molar-refractivity contribution in [1.82, 2.24) is 24.6 Å². The second-order valence-electron chi connectivity index (χ2n) is 6.81. The Morgan fingerprint density at radius 2 is 1.91 bits per heavy atom. The van der Waals surface area contributed by atoms with Crippen LogP contribution < -0.4 is 0 Å². The molecule has 2 fully saturated rings. The number of nitrogens with zero attached hydrogens (tertiary/aromatic N) is 5. The second-order valence-corrected chi connectivity index (χ2v) is 6.81. The first kappa shape index (κ1) is 14.7. The van der Waals surface area contributed by atoms with Gasteiger partial charge in [0.05, 0.1) is 6.54 Å². The first-order valence-corrected chi connectivity index (χ1v) is 8.70. The number of rotatable bonds is 3. The van der Waals surface area contributed by atoms with Crippen LogP contribution >= 0.6 is 0 Å². The summed E-state index contributed by atoms with van der Waals surface area (Å²) in [5.41, 5.74) is 0. The molecule has 0 N–H and O–H groups in total. The van der Waals surface area contributed by atoms with Crippen molar-refractivity contribution in [2.45, 2.75) is 51.6 Å². The van der Waals surface area contributed by atoms with Gasteiger partial charge in [0.2, 0.25) is 11.8 Å². The molecule has 2 aliphatic heterocycles. The van der Waals surface area contributed by atoms with Gasteiger partial charge in [-0.2, -0.15) is 0 Å². The van der Waals surface area contributed by atoms with Crippen molar-refractivity contribution in [3.05, 3.63) is 11.6 Å². The Balaban J connectivity index is 1.44. The van der Waals surface area contributed by atoms with Crippen LogP contribution in [0.25, 0.3) is 0 Å². The average Bonchev–Trinajstić information content (AvgIpc) is 2.98. The summed E-state index contributed by atoms with van der Waals surface area (Å²) in [6.45, 7) is 3.55. The van der Waals surface area contributed by atoms with Gasteiger partial charge in [-0.1, -0.05) is 6.42 Å². The Kier molecular flexibility index (Phi) is 3.79. The van der Waals surface area contributed by atoms with E-state index in [-0.39, 0.29) is 11.8 Å². The number of amides is 2. The Labute approximate surface area is 135 Å². The van der Waals surface area contributed by atoms with Gasteiger partial charge in [0.25, 0.3) is 0 Å². The third-order valence-corrected chi connectivity index (χ3v) is 5.37. The van der Waals surface area contributed by atoms with Gasteiger partial charge < -0.3 is 14.4 Å². The molecule has 4 rings (SSSR count). The molecule has 3 aliphatic rings. The van der Waals surface area contributed by atoms with Crippen molar-refractivity contribution >= 4 is 11.8 Å². The zero-order valence-corrected chi connectivity index (χ0v) is 13.4. The minimum atomic E-state index is 0.206. The van der Waals surface area contributed by atoms with Crippen LogP contribution in [0.1, 0.15) is 43.8 Å². The number of hydrogen-bond donors (Lipinski definition) is 0. The van der Waals surface area contributed by atoms with E-state index in [1.165, 1.54) is 6.42 Å². The van der Waals surface area contributed by atoms with Crippen molar-refractivity contribution in [3.8, 4) is 0 Å². The highest BCUT2D eigenvalue weighted by atomic mass is 16.2. The first-order valence-electron chi connectivity index (χ1n) is 8.70. The normalized spacial score (nSPS) is 22.0. The van der Waals surface area contributed by atoms with Crippen molar-refractivity contribution in [1.29, 1.82) is 0 Å². The highest BCUT2D eigenvalue weighted by Gasteiger charge is 2.31. The lowest BCUT2D eigenvalue weighted by atomic mass is 9.84. The molecule has 0 aromatic carbocycles. The van der Waals surface area contributed by atoms with Crippen LogP contribution in [0, 0.1) is 5.92 Å². The molecule has 3 heterocycles. The molecule has 0 radical (unpaired) electrons. The van der Waals surface area contributed by atoms with E-state index in [4.69, 9.17) is 0 Å². The van der Waals surface area contributed by atoms with E-state index in [2.05, 4.69) is 14.8 Å². The predicted octanol–water partition coefficient (Wildman–Crippen LogP) is 0.585. The topological polar surface area (TPSA) is 71.3 Å². The predicted molar refractivity (Wildman–Crippen MR) is 82.3 cm³/mol. The fourth-order valence-electron chi connectivity index (χ4n) is 3.68.